The molecule has 0 aromatic carbocycles. The lowest BCUT2D eigenvalue weighted by Gasteiger charge is -2.21. The molecule has 19 heavy (non-hydrogen) atoms. The van der Waals surface area contributed by atoms with E-state index in [9.17, 15) is 14.5 Å². The first-order valence-corrected chi connectivity index (χ1v) is 8.61. The lowest BCUT2D eigenvalue weighted by molar-refractivity contribution is -0.135. The molecule has 1 N–H and O–H groups in total. The van der Waals surface area contributed by atoms with Crippen molar-refractivity contribution in [2.24, 2.45) is 0 Å². The number of allylic oxidation sites excluding steroid dienone is 2. The Bertz CT molecular complexity index is 397. The van der Waals surface area contributed by atoms with E-state index in [0.29, 0.717) is 25.2 Å². The molecular weight excluding hydrogens is 259 g/mol. The minimum absolute atomic E-state index is 0.418. The average Bonchev–Trinajstić information content (AvgIpc) is 2.36. The summed E-state index contributed by atoms with van der Waals surface area (Å²) >= 11 is 0. The molecule has 4 heteroatoms. The number of carbonyl (C=O) groups is 1. The summed E-state index contributed by atoms with van der Waals surface area (Å²) in [4.78, 5) is 11.3. The summed E-state index contributed by atoms with van der Waals surface area (Å²) in [5, 5.41) is 9.24. The van der Waals surface area contributed by atoms with E-state index in [2.05, 4.69) is 25.0 Å². The van der Waals surface area contributed by atoms with Crippen molar-refractivity contribution in [3.05, 3.63) is 25.3 Å². The summed E-state index contributed by atoms with van der Waals surface area (Å²) in [6.45, 7) is 8.83. The normalized spacial score (nSPS) is 12.1. The second-order valence-electron chi connectivity index (χ2n) is 4.40. The maximum atomic E-state index is 12.9. The molecular formula is C15H23O3P. The predicted molar refractivity (Wildman–Crippen MR) is 81.1 cm³/mol. The topological polar surface area (TPSA) is 54.4 Å². The molecule has 0 heterocycles. The van der Waals surface area contributed by atoms with E-state index in [0.717, 1.165) is 12.8 Å². The molecule has 106 valence electrons. The van der Waals surface area contributed by atoms with Crippen molar-refractivity contribution in [2.45, 2.75) is 38.3 Å². The Morgan fingerprint density at radius 3 is 2.05 bits per heavy atom. The van der Waals surface area contributed by atoms with E-state index >= 15 is 0 Å². The molecule has 0 saturated heterocycles. The molecule has 0 bridgehead atoms. The van der Waals surface area contributed by atoms with E-state index in [-0.39, 0.29) is 0 Å². The summed E-state index contributed by atoms with van der Waals surface area (Å²) in [5.74, 6) is 4.13. The SMILES string of the molecule is C=CCCCP(=O)(CCCC=C)C(C#CC)C(=O)O. The first-order chi connectivity index (χ1) is 9.01. The van der Waals surface area contributed by atoms with Crippen molar-refractivity contribution in [2.75, 3.05) is 12.3 Å². The average molecular weight is 282 g/mol. The standard InChI is InChI=1S/C15H23O3P/c1-4-7-9-12-19(18,13-10-8-5-2)14(11-6-3)15(16)17/h4-5,14H,1-2,7-10,12-13H2,3H3,(H,16,17). The lowest BCUT2D eigenvalue weighted by Crippen LogP contribution is -2.22. The van der Waals surface area contributed by atoms with Gasteiger partial charge in [-0.25, -0.2) is 0 Å². The Morgan fingerprint density at radius 1 is 1.26 bits per heavy atom. The smallest absolute Gasteiger partial charge is 0.326 e. The first-order valence-electron chi connectivity index (χ1n) is 6.46. The number of unbranched alkanes of at least 4 members (excludes halogenated alkanes) is 2. The van der Waals surface area contributed by atoms with Crippen molar-refractivity contribution >= 4 is 13.1 Å². The number of carboxylic acid groups (broad SMARTS) is 1. The highest BCUT2D eigenvalue weighted by molar-refractivity contribution is 7.65. The number of hydrogen-bond donors (Lipinski definition) is 1. The predicted octanol–water partition coefficient (Wildman–Crippen LogP) is 3.76. The van der Waals surface area contributed by atoms with Gasteiger partial charge in [0.05, 0.1) is 0 Å². The van der Waals surface area contributed by atoms with Gasteiger partial charge < -0.3 is 9.67 Å². The van der Waals surface area contributed by atoms with Crippen LogP contribution in [0.4, 0.5) is 0 Å². The minimum atomic E-state index is -2.83. The molecule has 0 aliphatic heterocycles. The van der Waals surface area contributed by atoms with E-state index in [1.807, 2.05) is 0 Å². The third-order valence-electron chi connectivity index (χ3n) is 2.88. The zero-order valence-corrected chi connectivity index (χ0v) is 12.5. The van der Waals surface area contributed by atoms with Gasteiger partial charge in [0.1, 0.15) is 7.14 Å². The summed E-state index contributed by atoms with van der Waals surface area (Å²) in [7, 11) is -2.83. The summed E-state index contributed by atoms with van der Waals surface area (Å²) in [6, 6.07) is 0. The van der Waals surface area contributed by atoms with Crippen LogP contribution in [-0.4, -0.2) is 29.1 Å². The van der Waals surface area contributed by atoms with Crippen LogP contribution >= 0.6 is 7.14 Å². The Labute approximate surface area is 116 Å². The van der Waals surface area contributed by atoms with Gasteiger partial charge in [-0.2, -0.15) is 0 Å². The molecule has 0 aliphatic carbocycles. The van der Waals surface area contributed by atoms with Crippen LogP contribution in [0.2, 0.25) is 0 Å². The molecule has 0 amide bonds. The fraction of sp³-hybridized carbons (Fsp3) is 0.533. The largest absolute Gasteiger partial charge is 0.480 e. The number of aliphatic carboxylic acids is 1. The van der Waals surface area contributed by atoms with Gasteiger partial charge >= 0.3 is 5.97 Å². The fourth-order valence-corrected chi connectivity index (χ4v) is 4.84. The zero-order valence-electron chi connectivity index (χ0n) is 11.6. The van der Waals surface area contributed by atoms with Gasteiger partial charge in [-0.1, -0.05) is 18.1 Å². The van der Waals surface area contributed by atoms with Gasteiger partial charge in [-0.15, -0.1) is 19.1 Å². The molecule has 1 atom stereocenters. The van der Waals surface area contributed by atoms with Crippen LogP contribution in [0.1, 0.15) is 32.6 Å². The van der Waals surface area contributed by atoms with E-state index in [1.54, 1.807) is 19.1 Å². The Kier molecular flexibility index (Phi) is 9.00. The highest BCUT2D eigenvalue weighted by Crippen LogP contribution is 2.52. The number of hydrogen-bond acceptors (Lipinski definition) is 2. The summed E-state index contributed by atoms with van der Waals surface area (Å²) in [6.07, 6.45) is 7.25. The lowest BCUT2D eigenvalue weighted by atomic mass is 10.3. The van der Waals surface area contributed by atoms with E-state index in [1.165, 1.54) is 0 Å². The van der Waals surface area contributed by atoms with Gasteiger partial charge in [-0.3, -0.25) is 4.79 Å². The Morgan fingerprint density at radius 2 is 1.74 bits per heavy atom. The van der Waals surface area contributed by atoms with E-state index in [4.69, 9.17) is 0 Å². The van der Waals surface area contributed by atoms with Crippen LogP contribution in [0, 0.1) is 11.8 Å². The highest BCUT2D eigenvalue weighted by atomic mass is 31.2. The van der Waals surface area contributed by atoms with Gasteiger partial charge in [0.25, 0.3) is 0 Å². The van der Waals surface area contributed by atoms with Gasteiger partial charge in [-0.05, 0) is 32.6 Å². The van der Waals surface area contributed by atoms with Crippen molar-refractivity contribution < 1.29 is 14.5 Å². The van der Waals surface area contributed by atoms with Crippen LogP contribution in [0.15, 0.2) is 25.3 Å². The third kappa shape index (κ3) is 6.45. The number of rotatable bonds is 10. The molecule has 0 saturated carbocycles. The molecule has 0 aliphatic rings. The minimum Gasteiger partial charge on any atom is -0.480 e. The van der Waals surface area contributed by atoms with Crippen molar-refractivity contribution in [1.82, 2.24) is 0 Å². The van der Waals surface area contributed by atoms with Gasteiger partial charge in [0.2, 0.25) is 0 Å². The first kappa shape index (κ1) is 17.7. The number of carboxylic acids is 1. The summed E-state index contributed by atoms with van der Waals surface area (Å²) in [5.41, 5.74) is -1.04. The van der Waals surface area contributed by atoms with Crippen LogP contribution in [0.5, 0.6) is 0 Å². The quantitative estimate of drug-likeness (QED) is 0.287. The zero-order chi connectivity index (χ0) is 14.7. The fourth-order valence-electron chi connectivity index (χ4n) is 1.89. The maximum absolute atomic E-state index is 12.9. The molecule has 0 radical (unpaired) electrons. The second kappa shape index (κ2) is 9.64. The van der Waals surface area contributed by atoms with Crippen molar-refractivity contribution in [1.29, 1.82) is 0 Å². The van der Waals surface area contributed by atoms with Crippen molar-refractivity contribution in [3.8, 4) is 11.8 Å². The molecule has 0 rings (SSSR count). The van der Waals surface area contributed by atoms with Crippen LogP contribution in [0.3, 0.4) is 0 Å². The van der Waals surface area contributed by atoms with Crippen LogP contribution in [0.25, 0.3) is 0 Å². The summed E-state index contributed by atoms with van der Waals surface area (Å²) < 4.78 is 12.9. The van der Waals surface area contributed by atoms with Gasteiger partial charge in [0.15, 0.2) is 5.66 Å². The second-order valence-corrected chi connectivity index (χ2v) is 7.71. The van der Waals surface area contributed by atoms with Crippen molar-refractivity contribution in [3.63, 3.8) is 0 Å². The molecule has 0 spiro atoms. The van der Waals surface area contributed by atoms with Crippen LogP contribution in [-0.2, 0) is 9.36 Å². The molecule has 1 unspecified atom stereocenters. The van der Waals surface area contributed by atoms with E-state index < -0.39 is 18.8 Å². The van der Waals surface area contributed by atoms with Gasteiger partial charge in [0, 0.05) is 12.3 Å². The molecule has 0 aromatic rings. The Balaban J connectivity index is 5.00. The molecule has 0 fully saturated rings. The molecule has 3 nitrogen and oxygen atoms in total. The third-order valence-corrected chi connectivity index (χ3v) is 6.31. The Hall–Kier alpha value is -1.26. The van der Waals surface area contributed by atoms with Crippen LogP contribution < -0.4 is 0 Å². The molecule has 0 aromatic heterocycles. The highest BCUT2D eigenvalue weighted by Gasteiger charge is 2.36. The monoisotopic (exact) mass is 282 g/mol. The maximum Gasteiger partial charge on any atom is 0.326 e.